The zero-order valence-corrected chi connectivity index (χ0v) is 10.5. The van der Waals surface area contributed by atoms with E-state index in [0.29, 0.717) is 0 Å². The van der Waals surface area contributed by atoms with Crippen molar-refractivity contribution < 1.29 is 0 Å². The summed E-state index contributed by atoms with van der Waals surface area (Å²) in [6.07, 6.45) is 6.75. The highest BCUT2D eigenvalue weighted by molar-refractivity contribution is 5.21. The van der Waals surface area contributed by atoms with Gasteiger partial charge < -0.3 is 5.32 Å². The van der Waals surface area contributed by atoms with E-state index in [4.69, 9.17) is 0 Å². The molecule has 17 heavy (non-hydrogen) atoms. The lowest BCUT2D eigenvalue weighted by Crippen LogP contribution is -2.51. The number of aryl methyl sites for hydroxylation is 1. The number of nitrogens with zero attached hydrogens (tertiary/aromatic N) is 2. The summed E-state index contributed by atoms with van der Waals surface area (Å²) < 4.78 is 0. The zero-order valence-electron chi connectivity index (χ0n) is 10.5. The van der Waals surface area contributed by atoms with Crippen LogP contribution < -0.4 is 5.32 Å². The van der Waals surface area contributed by atoms with Crippen LogP contribution in [0.1, 0.15) is 24.0 Å². The molecule has 1 aliphatic heterocycles. The molecule has 3 heteroatoms. The van der Waals surface area contributed by atoms with Gasteiger partial charge in [0.1, 0.15) is 0 Å². The average molecular weight is 231 g/mol. The van der Waals surface area contributed by atoms with Crippen molar-refractivity contribution in [2.24, 2.45) is 5.92 Å². The molecule has 1 saturated heterocycles. The summed E-state index contributed by atoms with van der Waals surface area (Å²) in [5, 5.41) is 3.65. The molecule has 3 rings (SSSR count). The summed E-state index contributed by atoms with van der Waals surface area (Å²) in [5.74, 6) is 0.952. The summed E-state index contributed by atoms with van der Waals surface area (Å²) in [7, 11) is 0. The second kappa shape index (κ2) is 4.75. The van der Waals surface area contributed by atoms with Gasteiger partial charge in [-0.15, -0.1) is 0 Å². The van der Waals surface area contributed by atoms with E-state index in [1.807, 2.05) is 12.4 Å². The predicted octanol–water partition coefficient (Wildman–Crippen LogP) is 1.57. The second-order valence-corrected chi connectivity index (χ2v) is 5.44. The maximum Gasteiger partial charge on any atom is 0.0315 e. The molecule has 2 aliphatic rings. The van der Waals surface area contributed by atoms with Crippen LogP contribution in [0, 0.1) is 12.8 Å². The van der Waals surface area contributed by atoms with E-state index in [1.54, 1.807) is 0 Å². The molecule has 1 aromatic heterocycles. The third kappa shape index (κ3) is 2.67. The van der Waals surface area contributed by atoms with Gasteiger partial charge in [0.05, 0.1) is 0 Å². The van der Waals surface area contributed by atoms with E-state index in [1.165, 1.54) is 30.5 Å². The molecule has 0 bridgehead atoms. The fraction of sp³-hybridized carbons (Fsp3) is 0.643. The minimum atomic E-state index is 0.737. The molecular weight excluding hydrogens is 210 g/mol. The Bertz CT molecular complexity index is 387. The molecule has 0 amide bonds. The molecule has 1 N–H and O–H groups in total. The molecule has 0 aromatic carbocycles. The van der Waals surface area contributed by atoms with Crippen LogP contribution in [0.25, 0.3) is 0 Å². The van der Waals surface area contributed by atoms with E-state index < -0.39 is 0 Å². The molecule has 1 atom stereocenters. The predicted molar refractivity (Wildman–Crippen MR) is 68.8 cm³/mol. The number of hydrogen-bond acceptors (Lipinski definition) is 3. The van der Waals surface area contributed by atoms with Crippen LogP contribution in [0.15, 0.2) is 18.5 Å². The quantitative estimate of drug-likeness (QED) is 0.856. The maximum atomic E-state index is 4.24. The van der Waals surface area contributed by atoms with E-state index >= 15 is 0 Å². The first-order chi connectivity index (χ1) is 8.33. The lowest BCUT2D eigenvalue weighted by atomic mass is 10.1. The summed E-state index contributed by atoms with van der Waals surface area (Å²) in [6.45, 7) is 6.75. The van der Waals surface area contributed by atoms with Gasteiger partial charge >= 0.3 is 0 Å². The van der Waals surface area contributed by atoms with Gasteiger partial charge in [-0.25, -0.2) is 0 Å². The smallest absolute Gasteiger partial charge is 0.0315 e. The number of aromatic nitrogens is 1. The standard InChI is InChI=1S/C14H21N3/c1-11-4-5-15-8-13(11)9-17-7-6-16-14(10-17)12-2-3-12/h4-5,8,12,14,16H,2-3,6-7,9-10H2,1H3. The Morgan fingerprint density at radius 1 is 1.47 bits per heavy atom. The van der Waals surface area contributed by atoms with Gasteiger partial charge in [0, 0.05) is 44.6 Å². The highest BCUT2D eigenvalue weighted by Crippen LogP contribution is 2.33. The monoisotopic (exact) mass is 231 g/mol. The SMILES string of the molecule is Cc1ccncc1CN1CCNC(C2CC2)C1. The first-order valence-electron chi connectivity index (χ1n) is 6.68. The fourth-order valence-corrected chi connectivity index (χ4v) is 2.70. The van der Waals surface area contributed by atoms with Gasteiger partial charge in [-0.05, 0) is 42.9 Å². The van der Waals surface area contributed by atoms with Gasteiger partial charge in [-0.1, -0.05) is 0 Å². The minimum Gasteiger partial charge on any atom is -0.311 e. The third-order valence-electron chi connectivity index (χ3n) is 4.02. The van der Waals surface area contributed by atoms with Crippen molar-refractivity contribution in [3.8, 4) is 0 Å². The van der Waals surface area contributed by atoms with Crippen molar-refractivity contribution in [1.29, 1.82) is 0 Å². The van der Waals surface area contributed by atoms with Crippen LogP contribution in [-0.2, 0) is 6.54 Å². The minimum absolute atomic E-state index is 0.737. The Labute approximate surface area is 103 Å². The highest BCUT2D eigenvalue weighted by atomic mass is 15.2. The molecule has 2 fully saturated rings. The van der Waals surface area contributed by atoms with Crippen LogP contribution >= 0.6 is 0 Å². The molecule has 3 nitrogen and oxygen atoms in total. The van der Waals surface area contributed by atoms with Crippen molar-refractivity contribution in [1.82, 2.24) is 15.2 Å². The van der Waals surface area contributed by atoms with Gasteiger partial charge in [-0.2, -0.15) is 0 Å². The molecule has 0 spiro atoms. The number of nitrogens with one attached hydrogen (secondary N) is 1. The van der Waals surface area contributed by atoms with Gasteiger partial charge in [0.2, 0.25) is 0 Å². The summed E-state index contributed by atoms with van der Waals surface area (Å²) in [6, 6.07) is 2.84. The Balaban J connectivity index is 1.62. The molecule has 2 heterocycles. The number of hydrogen-bond donors (Lipinski definition) is 1. The molecule has 1 saturated carbocycles. The van der Waals surface area contributed by atoms with Crippen molar-refractivity contribution in [2.45, 2.75) is 32.4 Å². The van der Waals surface area contributed by atoms with Crippen LogP contribution in [-0.4, -0.2) is 35.6 Å². The largest absolute Gasteiger partial charge is 0.311 e. The van der Waals surface area contributed by atoms with E-state index in [2.05, 4.69) is 28.2 Å². The normalized spacial score (nSPS) is 26.1. The lowest BCUT2D eigenvalue weighted by molar-refractivity contribution is 0.181. The topological polar surface area (TPSA) is 28.2 Å². The molecule has 1 aliphatic carbocycles. The van der Waals surface area contributed by atoms with Crippen LogP contribution in [0.3, 0.4) is 0 Å². The van der Waals surface area contributed by atoms with E-state index in [0.717, 1.165) is 31.6 Å². The molecular formula is C14H21N3. The van der Waals surface area contributed by atoms with E-state index in [9.17, 15) is 0 Å². The fourth-order valence-electron chi connectivity index (χ4n) is 2.70. The molecule has 1 aromatic rings. The van der Waals surface area contributed by atoms with Crippen LogP contribution in [0.5, 0.6) is 0 Å². The first-order valence-corrected chi connectivity index (χ1v) is 6.68. The van der Waals surface area contributed by atoms with Gasteiger partial charge in [-0.3, -0.25) is 9.88 Å². The lowest BCUT2D eigenvalue weighted by Gasteiger charge is -2.34. The Morgan fingerprint density at radius 2 is 2.35 bits per heavy atom. The Morgan fingerprint density at radius 3 is 3.12 bits per heavy atom. The average Bonchev–Trinajstić information content (AvgIpc) is 3.17. The van der Waals surface area contributed by atoms with Crippen LogP contribution in [0.4, 0.5) is 0 Å². The van der Waals surface area contributed by atoms with Crippen molar-refractivity contribution in [3.05, 3.63) is 29.6 Å². The summed E-state index contributed by atoms with van der Waals surface area (Å²) >= 11 is 0. The Kier molecular flexibility index (Phi) is 3.12. The van der Waals surface area contributed by atoms with Gasteiger partial charge in [0.15, 0.2) is 0 Å². The van der Waals surface area contributed by atoms with Crippen LogP contribution in [0.2, 0.25) is 0 Å². The molecule has 1 unspecified atom stereocenters. The highest BCUT2D eigenvalue weighted by Gasteiger charge is 2.33. The van der Waals surface area contributed by atoms with Crippen molar-refractivity contribution >= 4 is 0 Å². The van der Waals surface area contributed by atoms with E-state index in [-0.39, 0.29) is 0 Å². The number of rotatable bonds is 3. The molecule has 92 valence electrons. The Hall–Kier alpha value is -0.930. The van der Waals surface area contributed by atoms with Crippen molar-refractivity contribution in [3.63, 3.8) is 0 Å². The van der Waals surface area contributed by atoms with Gasteiger partial charge in [0.25, 0.3) is 0 Å². The third-order valence-corrected chi connectivity index (χ3v) is 4.02. The van der Waals surface area contributed by atoms with Crippen molar-refractivity contribution in [2.75, 3.05) is 19.6 Å². The first kappa shape index (κ1) is 11.2. The maximum absolute atomic E-state index is 4.24. The number of pyridine rings is 1. The summed E-state index contributed by atoms with van der Waals surface area (Å²) in [4.78, 5) is 6.81. The summed E-state index contributed by atoms with van der Waals surface area (Å²) in [5.41, 5.74) is 2.74. The second-order valence-electron chi connectivity index (χ2n) is 5.44. The number of piperazine rings is 1. The zero-order chi connectivity index (χ0) is 11.7. The molecule has 0 radical (unpaired) electrons.